The summed E-state index contributed by atoms with van der Waals surface area (Å²) in [4.78, 5) is 13.6. The third kappa shape index (κ3) is 2.57. The van der Waals surface area contributed by atoms with E-state index < -0.39 is 23.8 Å². The minimum absolute atomic E-state index is 0.0948. The molecule has 120 valence electrons. The van der Waals surface area contributed by atoms with Crippen LogP contribution in [0.15, 0.2) is 41.4 Å². The van der Waals surface area contributed by atoms with Gasteiger partial charge in [0, 0.05) is 6.54 Å². The molecule has 2 aromatic rings. The van der Waals surface area contributed by atoms with Gasteiger partial charge in [-0.15, -0.1) is 11.3 Å². The lowest BCUT2D eigenvalue weighted by atomic mass is 10.1. The van der Waals surface area contributed by atoms with E-state index in [2.05, 4.69) is 0 Å². The molecule has 3 rings (SSSR count). The molecule has 1 aromatic carbocycles. The largest absolute Gasteiger partial charge is 0.476 e. The fourth-order valence-electron chi connectivity index (χ4n) is 2.57. The second-order valence-electron chi connectivity index (χ2n) is 4.85. The molecule has 23 heavy (non-hydrogen) atoms. The Morgan fingerprint density at radius 2 is 2.00 bits per heavy atom. The molecule has 1 aromatic heterocycles. The van der Waals surface area contributed by atoms with Gasteiger partial charge in [-0.3, -0.25) is 0 Å². The summed E-state index contributed by atoms with van der Waals surface area (Å²) >= 11 is 1.30. The fraction of sp³-hybridized carbons (Fsp3) is 0.188. The van der Waals surface area contributed by atoms with Gasteiger partial charge < -0.3 is 14.7 Å². The van der Waals surface area contributed by atoms with E-state index in [1.807, 2.05) is 0 Å². The molecule has 1 atom stereocenters. The van der Waals surface area contributed by atoms with Gasteiger partial charge in [0.15, 0.2) is 11.5 Å². The van der Waals surface area contributed by atoms with E-state index in [-0.39, 0.29) is 23.6 Å². The number of hydrogen-bond acceptors (Lipinski definition) is 4. The molecule has 1 aliphatic heterocycles. The smallest absolute Gasteiger partial charge is 0.356 e. The Hall–Kier alpha value is -2.41. The SMILES string of the molecule is CCN1C(C(=O)O)=C(c2cccs2)OC1c1c(F)cccc1F. The summed E-state index contributed by atoms with van der Waals surface area (Å²) in [5, 5.41) is 11.3. The van der Waals surface area contributed by atoms with Crippen molar-refractivity contribution in [2.45, 2.75) is 13.2 Å². The molecule has 0 aliphatic carbocycles. The summed E-state index contributed by atoms with van der Waals surface area (Å²) in [6.07, 6.45) is -1.15. The van der Waals surface area contributed by atoms with Crippen molar-refractivity contribution >= 4 is 23.1 Å². The number of hydrogen-bond donors (Lipinski definition) is 1. The lowest BCUT2D eigenvalue weighted by Gasteiger charge is -2.25. The van der Waals surface area contributed by atoms with E-state index in [0.717, 1.165) is 12.1 Å². The first-order valence-corrected chi connectivity index (χ1v) is 7.81. The molecule has 0 radical (unpaired) electrons. The average Bonchev–Trinajstić information content (AvgIpc) is 3.13. The Morgan fingerprint density at radius 3 is 2.52 bits per heavy atom. The fourth-order valence-corrected chi connectivity index (χ4v) is 3.28. The molecule has 0 spiro atoms. The third-order valence-electron chi connectivity index (χ3n) is 3.55. The number of thiophene rings is 1. The van der Waals surface area contributed by atoms with Gasteiger partial charge in [-0.1, -0.05) is 12.1 Å². The summed E-state index contributed by atoms with van der Waals surface area (Å²) in [6, 6.07) is 6.96. The number of benzene rings is 1. The number of likely N-dealkylation sites (N-methyl/N-ethyl adjacent to an activating group) is 1. The van der Waals surface area contributed by atoms with Gasteiger partial charge in [-0.05, 0) is 30.5 Å². The summed E-state index contributed by atoms with van der Waals surface area (Å²) < 4.78 is 33.9. The van der Waals surface area contributed by atoms with E-state index in [1.165, 1.54) is 22.3 Å². The summed E-state index contributed by atoms with van der Waals surface area (Å²) in [6.45, 7) is 1.93. The molecule has 7 heteroatoms. The molecule has 0 fully saturated rings. The second kappa shape index (κ2) is 6.00. The summed E-state index contributed by atoms with van der Waals surface area (Å²) in [5.41, 5.74) is -0.387. The van der Waals surface area contributed by atoms with Crippen LogP contribution in [-0.2, 0) is 9.53 Å². The topological polar surface area (TPSA) is 49.8 Å². The van der Waals surface area contributed by atoms with Crippen LogP contribution in [-0.4, -0.2) is 22.5 Å². The van der Waals surface area contributed by atoms with Gasteiger partial charge in [-0.25, -0.2) is 13.6 Å². The highest BCUT2D eigenvalue weighted by Gasteiger charge is 2.40. The maximum absolute atomic E-state index is 14.1. The minimum Gasteiger partial charge on any atom is -0.476 e. The van der Waals surface area contributed by atoms with Gasteiger partial charge >= 0.3 is 5.97 Å². The molecular weight excluding hydrogens is 324 g/mol. The maximum Gasteiger partial charge on any atom is 0.356 e. The standard InChI is InChI=1S/C16H13F2NO3S/c1-2-19-13(16(20)21)14(11-7-4-8-23-11)22-15(19)12-9(17)5-3-6-10(12)18/h3-8,15H,2H2,1H3,(H,20,21). The van der Waals surface area contributed by atoms with E-state index in [4.69, 9.17) is 4.74 Å². The van der Waals surface area contributed by atoms with Gasteiger partial charge in [0.25, 0.3) is 0 Å². The number of carbonyl (C=O) groups is 1. The van der Waals surface area contributed by atoms with Crippen LogP contribution in [0.1, 0.15) is 23.6 Å². The molecule has 1 N–H and O–H groups in total. The summed E-state index contributed by atoms with van der Waals surface area (Å²) in [5.74, 6) is -2.62. The predicted molar refractivity (Wildman–Crippen MR) is 81.4 cm³/mol. The van der Waals surface area contributed by atoms with E-state index in [0.29, 0.717) is 4.88 Å². The molecular formula is C16H13F2NO3S. The van der Waals surface area contributed by atoms with Crippen molar-refractivity contribution in [1.82, 2.24) is 4.90 Å². The van der Waals surface area contributed by atoms with Crippen molar-refractivity contribution in [3.8, 4) is 0 Å². The average molecular weight is 337 g/mol. The summed E-state index contributed by atoms with van der Waals surface area (Å²) in [7, 11) is 0. The van der Waals surface area contributed by atoms with Crippen LogP contribution in [0, 0.1) is 11.6 Å². The Kier molecular flexibility index (Phi) is 4.04. The first-order valence-electron chi connectivity index (χ1n) is 6.93. The zero-order valence-electron chi connectivity index (χ0n) is 12.1. The number of carboxylic acid groups (broad SMARTS) is 1. The van der Waals surface area contributed by atoms with Crippen molar-refractivity contribution in [1.29, 1.82) is 0 Å². The van der Waals surface area contributed by atoms with E-state index in [9.17, 15) is 18.7 Å². The number of nitrogens with zero attached hydrogens (tertiary/aromatic N) is 1. The van der Waals surface area contributed by atoms with Crippen LogP contribution in [0.4, 0.5) is 8.78 Å². The van der Waals surface area contributed by atoms with Crippen LogP contribution in [0.5, 0.6) is 0 Å². The van der Waals surface area contributed by atoms with Gasteiger partial charge in [0.1, 0.15) is 11.6 Å². The van der Waals surface area contributed by atoms with Crippen LogP contribution >= 0.6 is 11.3 Å². The minimum atomic E-state index is -1.20. The molecule has 0 amide bonds. The molecule has 2 heterocycles. The Balaban J connectivity index is 2.12. The molecule has 1 aliphatic rings. The van der Waals surface area contributed by atoms with Gasteiger partial charge in [-0.2, -0.15) is 0 Å². The van der Waals surface area contributed by atoms with Crippen molar-refractivity contribution < 1.29 is 23.4 Å². The number of carboxylic acids is 1. The van der Waals surface area contributed by atoms with Crippen molar-refractivity contribution in [3.63, 3.8) is 0 Å². The zero-order valence-corrected chi connectivity index (χ0v) is 12.9. The van der Waals surface area contributed by atoms with Crippen molar-refractivity contribution in [2.75, 3.05) is 6.54 Å². The van der Waals surface area contributed by atoms with Crippen LogP contribution < -0.4 is 0 Å². The molecule has 0 saturated heterocycles. The zero-order chi connectivity index (χ0) is 16.6. The normalized spacial score (nSPS) is 17.5. The lowest BCUT2D eigenvalue weighted by molar-refractivity contribution is -0.134. The van der Waals surface area contributed by atoms with Crippen LogP contribution in [0.2, 0.25) is 0 Å². The second-order valence-corrected chi connectivity index (χ2v) is 5.80. The Bertz CT molecular complexity index is 753. The molecule has 0 saturated carbocycles. The maximum atomic E-state index is 14.1. The predicted octanol–water partition coefficient (Wildman–Crippen LogP) is 3.83. The van der Waals surface area contributed by atoms with Crippen LogP contribution in [0.3, 0.4) is 0 Å². The highest BCUT2D eigenvalue weighted by Crippen LogP contribution is 2.43. The Morgan fingerprint density at radius 1 is 1.30 bits per heavy atom. The number of rotatable bonds is 4. The van der Waals surface area contributed by atoms with Crippen LogP contribution in [0.25, 0.3) is 5.76 Å². The number of halogens is 2. The Labute approximate surface area is 135 Å². The number of aliphatic carboxylic acids is 1. The molecule has 4 nitrogen and oxygen atoms in total. The van der Waals surface area contributed by atoms with Gasteiger partial charge in [0.05, 0.1) is 10.4 Å². The molecule has 0 bridgehead atoms. The highest BCUT2D eigenvalue weighted by molar-refractivity contribution is 7.11. The first kappa shape index (κ1) is 15.5. The lowest BCUT2D eigenvalue weighted by Crippen LogP contribution is -2.29. The monoisotopic (exact) mass is 337 g/mol. The first-order chi connectivity index (χ1) is 11.0. The van der Waals surface area contributed by atoms with Crippen molar-refractivity contribution in [2.24, 2.45) is 0 Å². The van der Waals surface area contributed by atoms with E-state index >= 15 is 0 Å². The highest BCUT2D eigenvalue weighted by atomic mass is 32.1. The molecule has 1 unspecified atom stereocenters. The third-order valence-corrected chi connectivity index (χ3v) is 4.42. The van der Waals surface area contributed by atoms with Gasteiger partial charge in [0.2, 0.25) is 6.23 Å². The van der Waals surface area contributed by atoms with Crippen molar-refractivity contribution in [3.05, 3.63) is 63.5 Å². The van der Waals surface area contributed by atoms with E-state index in [1.54, 1.807) is 24.4 Å². The quantitative estimate of drug-likeness (QED) is 0.921. The number of ether oxygens (including phenoxy) is 1.